The molecule has 0 fully saturated rings. The first kappa shape index (κ1) is 15.5. The molecule has 106 valence electrons. The van der Waals surface area contributed by atoms with Gasteiger partial charge in [0.05, 0.1) is 0 Å². The smallest absolute Gasteiger partial charge is 0.222 e. The molecule has 3 N–H and O–H groups in total. The van der Waals surface area contributed by atoms with Gasteiger partial charge in [-0.25, -0.2) is 0 Å². The van der Waals surface area contributed by atoms with Gasteiger partial charge in [0, 0.05) is 25.6 Å². The molecule has 1 rings (SSSR count). The second-order valence-corrected chi connectivity index (χ2v) is 5.20. The second kappa shape index (κ2) is 7.14. The zero-order valence-corrected chi connectivity index (χ0v) is 12.2. The molecule has 0 aliphatic carbocycles. The van der Waals surface area contributed by atoms with Crippen molar-refractivity contribution in [3.63, 3.8) is 0 Å². The fourth-order valence-electron chi connectivity index (χ4n) is 1.86. The van der Waals surface area contributed by atoms with Crippen molar-refractivity contribution >= 4 is 5.91 Å². The minimum Gasteiger partial charge on any atom is -0.507 e. The van der Waals surface area contributed by atoms with Crippen molar-refractivity contribution in [2.45, 2.75) is 34.2 Å². The summed E-state index contributed by atoms with van der Waals surface area (Å²) in [5.41, 5.74) is 2.93. The Bertz CT molecular complexity index is 419. The number of hydrogen-bond donors (Lipinski definition) is 3. The molecule has 0 saturated carbocycles. The monoisotopic (exact) mass is 264 g/mol. The zero-order valence-electron chi connectivity index (χ0n) is 12.2. The highest BCUT2D eigenvalue weighted by Crippen LogP contribution is 2.22. The van der Waals surface area contributed by atoms with Gasteiger partial charge in [0.25, 0.3) is 0 Å². The molecule has 4 nitrogen and oxygen atoms in total. The van der Waals surface area contributed by atoms with Crippen molar-refractivity contribution in [1.29, 1.82) is 0 Å². The van der Waals surface area contributed by atoms with Crippen molar-refractivity contribution in [2.24, 2.45) is 5.92 Å². The van der Waals surface area contributed by atoms with Gasteiger partial charge >= 0.3 is 0 Å². The van der Waals surface area contributed by atoms with E-state index in [1.54, 1.807) is 0 Å². The van der Waals surface area contributed by atoms with E-state index in [-0.39, 0.29) is 11.8 Å². The van der Waals surface area contributed by atoms with Crippen LogP contribution in [-0.2, 0) is 11.3 Å². The number of aromatic hydroxyl groups is 1. The van der Waals surface area contributed by atoms with Gasteiger partial charge in [-0.15, -0.1) is 0 Å². The Kier molecular flexibility index (Phi) is 5.83. The molecule has 1 aromatic carbocycles. The normalized spacial score (nSPS) is 10.8. The molecule has 0 heterocycles. The van der Waals surface area contributed by atoms with Crippen LogP contribution in [0.1, 0.15) is 30.5 Å². The molecule has 0 aromatic heterocycles. The van der Waals surface area contributed by atoms with E-state index >= 15 is 0 Å². The molecule has 1 aromatic rings. The van der Waals surface area contributed by atoms with Gasteiger partial charge in [-0.2, -0.15) is 0 Å². The van der Waals surface area contributed by atoms with E-state index in [0.717, 1.165) is 29.8 Å². The number of benzene rings is 1. The highest BCUT2D eigenvalue weighted by atomic mass is 16.3. The number of hydrogen-bond acceptors (Lipinski definition) is 3. The summed E-state index contributed by atoms with van der Waals surface area (Å²) < 4.78 is 0. The number of nitrogens with one attached hydrogen (secondary N) is 2. The van der Waals surface area contributed by atoms with Crippen molar-refractivity contribution in [3.05, 3.63) is 28.8 Å². The van der Waals surface area contributed by atoms with E-state index in [1.165, 1.54) is 0 Å². The molecule has 0 bridgehead atoms. The van der Waals surface area contributed by atoms with E-state index in [4.69, 9.17) is 0 Å². The highest BCUT2D eigenvalue weighted by molar-refractivity contribution is 5.77. The molecular weight excluding hydrogens is 240 g/mol. The van der Waals surface area contributed by atoms with Gasteiger partial charge in [0.15, 0.2) is 0 Å². The summed E-state index contributed by atoms with van der Waals surface area (Å²) in [6.07, 6.45) is 0. The summed E-state index contributed by atoms with van der Waals surface area (Å²) in [5.74, 6) is 0.480. The zero-order chi connectivity index (χ0) is 14.4. The maximum absolute atomic E-state index is 11.3. The fraction of sp³-hybridized carbons (Fsp3) is 0.533. The maximum Gasteiger partial charge on any atom is 0.222 e. The van der Waals surface area contributed by atoms with Gasteiger partial charge in [0.1, 0.15) is 5.75 Å². The lowest BCUT2D eigenvalue weighted by atomic mass is 10.1. The van der Waals surface area contributed by atoms with Crippen LogP contribution in [0.2, 0.25) is 0 Å². The summed E-state index contributed by atoms with van der Waals surface area (Å²) in [5, 5.41) is 15.8. The van der Waals surface area contributed by atoms with Crippen LogP contribution in [0.25, 0.3) is 0 Å². The van der Waals surface area contributed by atoms with E-state index in [0.29, 0.717) is 12.3 Å². The summed E-state index contributed by atoms with van der Waals surface area (Å²) >= 11 is 0. The van der Waals surface area contributed by atoms with Gasteiger partial charge < -0.3 is 15.7 Å². The van der Waals surface area contributed by atoms with Crippen LogP contribution in [0, 0.1) is 19.8 Å². The van der Waals surface area contributed by atoms with Crippen LogP contribution in [0.4, 0.5) is 0 Å². The first-order valence-electron chi connectivity index (χ1n) is 6.69. The topological polar surface area (TPSA) is 61.4 Å². The quantitative estimate of drug-likeness (QED) is 0.687. The highest BCUT2D eigenvalue weighted by Gasteiger charge is 2.05. The molecule has 0 aliphatic rings. The largest absolute Gasteiger partial charge is 0.507 e. The van der Waals surface area contributed by atoms with Gasteiger partial charge in [-0.3, -0.25) is 4.79 Å². The predicted molar refractivity (Wildman–Crippen MR) is 77.1 cm³/mol. The molecule has 19 heavy (non-hydrogen) atoms. The Morgan fingerprint density at radius 3 is 2.32 bits per heavy atom. The van der Waals surface area contributed by atoms with E-state index in [9.17, 15) is 9.90 Å². The van der Waals surface area contributed by atoms with Gasteiger partial charge in [0.2, 0.25) is 5.91 Å². The fourth-order valence-corrected chi connectivity index (χ4v) is 1.86. The minimum atomic E-state index is 0.0300. The van der Waals surface area contributed by atoms with Crippen molar-refractivity contribution in [3.8, 4) is 5.75 Å². The van der Waals surface area contributed by atoms with Crippen molar-refractivity contribution in [2.75, 3.05) is 13.1 Å². The number of phenolic OH excluding ortho intramolecular Hbond substituents is 1. The lowest BCUT2D eigenvalue weighted by Crippen LogP contribution is -2.34. The lowest BCUT2D eigenvalue weighted by molar-refractivity contribution is -0.123. The second-order valence-electron chi connectivity index (χ2n) is 5.20. The number of carbonyl (C=O) groups is 1. The van der Waals surface area contributed by atoms with E-state index in [2.05, 4.69) is 10.6 Å². The van der Waals surface area contributed by atoms with E-state index in [1.807, 2.05) is 39.8 Å². The summed E-state index contributed by atoms with van der Waals surface area (Å²) in [4.78, 5) is 11.3. The summed E-state index contributed by atoms with van der Waals surface area (Å²) in [6, 6.07) is 3.95. The average molecular weight is 264 g/mol. The van der Waals surface area contributed by atoms with Gasteiger partial charge in [-0.05, 0) is 30.5 Å². The average Bonchev–Trinajstić information content (AvgIpc) is 2.34. The molecule has 0 aliphatic heterocycles. The number of phenols is 1. The number of carbonyl (C=O) groups excluding carboxylic acids is 1. The Labute approximate surface area is 115 Å². The number of aryl methyl sites for hydroxylation is 2. The molecule has 0 atom stereocenters. The van der Waals surface area contributed by atoms with Crippen molar-refractivity contribution in [1.82, 2.24) is 10.6 Å². The molecule has 0 saturated heterocycles. The Morgan fingerprint density at radius 2 is 1.79 bits per heavy atom. The molecular formula is C15H24N2O2. The van der Waals surface area contributed by atoms with Crippen LogP contribution in [0.3, 0.4) is 0 Å². The van der Waals surface area contributed by atoms with Gasteiger partial charge in [-0.1, -0.05) is 26.0 Å². The van der Waals surface area contributed by atoms with Crippen LogP contribution in [0.15, 0.2) is 12.1 Å². The first-order valence-corrected chi connectivity index (χ1v) is 6.69. The van der Waals surface area contributed by atoms with Crippen LogP contribution in [-0.4, -0.2) is 24.1 Å². The lowest BCUT2D eigenvalue weighted by Gasteiger charge is -2.10. The third kappa shape index (κ3) is 4.91. The SMILES string of the molecule is Cc1cc(CNCCNC(=O)C(C)C)cc(C)c1O. The maximum atomic E-state index is 11.3. The molecule has 0 spiro atoms. The number of rotatable bonds is 6. The Hall–Kier alpha value is -1.55. The molecule has 0 radical (unpaired) electrons. The van der Waals surface area contributed by atoms with Crippen LogP contribution in [0.5, 0.6) is 5.75 Å². The minimum absolute atomic E-state index is 0.0300. The molecule has 4 heteroatoms. The Balaban J connectivity index is 2.32. The predicted octanol–water partition coefficient (Wildman–Crippen LogP) is 1.87. The third-order valence-corrected chi connectivity index (χ3v) is 3.01. The summed E-state index contributed by atoms with van der Waals surface area (Å²) in [6.45, 7) is 9.66. The Morgan fingerprint density at radius 1 is 1.21 bits per heavy atom. The molecule has 1 amide bonds. The summed E-state index contributed by atoms with van der Waals surface area (Å²) in [7, 11) is 0. The third-order valence-electron chi connectivity index (χ3n) is 3.01. The van der Waals surface area contributed by atoms with Crippen molar-refractivity contribution < 1.29 is 9.90 Å². The van der Waals surface area contributed by atoms with Crippen LogP contribution >= 0.6 is 0 Å². The standard InChI is InChI=1S/C15H24N2O2/c1-10(2)15(19)17-6-5-16-9-13-7-11(3)14(18)12(4)8-13/h7-8,10,16,18H,5-6,9H2,1-4H3,(H,17,19). The first-order chi connectivity index (χ1) is 8.91. The van der Waals surface area contributed by atoms with E-state index < -0.39 is 0 Å². The number of amides is 1. The molecule has 0 unspecified atom stereocenters. The van der Waals surface area contributed by atoms with Crippen LogP contribution < -0.4 is 10.6 Å².